The van der Waals surface area contributed by atoms with Gasteiger partial charge in [-0.15, -0.1) is 6.42 Å². The van der Waals surface area contributed by atoms with E-state index in [-0.39, 0.29) is 12.5 Å². The number of amides is 1. The Morgan fingerprint density at radius 1 is 1.26 bits per heavy atom. The Morgan fingerprint density at radius 2 is 2.00 bits per heavy atom. The number of carbonyl (C=O) groups excluding carboxylic acids is 1. The number of halogens is 1. The van der Waals surface area contributed by atoms with E-state index in [1.807, 2.05) is 43.3 Å². The number of thioether (sulfide) groups is 1. The zero-order chi connectivity index (χ0) is 22.4. The molecule has 31 heavy (non-hydrogen) atoms. The highest BCUT2D eigenvalue weighted by Gasteiger charge is 2.30. The highest BCUT2D eigenvalue weighted by atomic mass is 79.9. The van der Waals surface area contributed by atoms with Gasteiger partial charge in [0.2, 0.25) is 0 Å². The first-order chi connectivity index (χ1) is 15.0. The van der Waals surface area contributed by atoms with Gasteiger partial charge < -0.3 is 14.2 Å². The number of aliphatic imine (C=N–C) groups is 1. The molecule has 0 spiro atoms. The average molecular weight is 501 g/mol. The van der Waals surface area contributed by atoms with E-state index < -0.39 is 0 Å². The van der Waals surface area contributed by atoms with Crippen molar-refractivity contribution in [2.75, 3.05) is 27.4 Å². The highest BCUT2D eigenvalue weighted by Crippen LogP contribution is 2.39. The second kappa shape index (κ2) is 10.4. The lowest BCUT2D eigenvalue weighted by atomic mass is 10.2. The van der Waals surface area contributed by atoms with Crippen molar-refractivity contribution in [3.8, 4) is 29.6 Å². The first kappa shape index (κ1) is 22.8. The van der Waals surface area contributed by atoms with Gasteiger partial charge in [-0.25, -0.2) is 4.99 Å². The van der Waals surface area contributed by atoms with Gasteiger partial charge in [0.05, 0.1) is 28.8 Å². The molecule has 1 aliphatic rings. The fourth-order valence-electron chi connectivity index (χ4n) is 2.76. The molecule has 0 saturated carbocycles. The number of rotatable bonds is 7. The summed E-state index contributed by atoms with van der Waals surface area (Å²) in [6.07, 6.45) is 7.10. The van der Waals surface area contributed by atoms with Crippen LogP contribution in [0, 0.1) is 12.3 Å². The highest BCUT2D eigenvalue weighted by molar-refractivity contribution is 9.10. The van der Waals surface area contributed by atoms with Gasteiger partial charge in [-0.05, 0) is 82.7 Å². The van der Waals surface area contributed by atoms with Crippen LogP contribution in [-0.4, -0.2) is 43.3 Å². The molecule has 160 valence electrons. The molecular weight excluding hydrogens is 480 g/mol. The number of terminal acetylenes is 1. The van der Waals surface area contributed by atoms with Crippen LogP contribution in [0.4, 0.5) is 5.69 Å². The molecule has 0 aromatic heterocycles. The summed E-state index contributed by atoms with van der Waals surface area (Å²) < 4.78 is 17.2. The van der Waals surface area contributed by atoms with E-state index in [2.05, 4.69) is 26.8 Å². The molecule has 1 heterocycles. The lowest BCUT2D eigenvalue weighted by Crippen LogP contribution is -2.23. The molecule has 2 aromatic carbocycles. The summed E-state index contributed by atoms with van der Waals surface area (Å²) in [6.45, 7) is 2.48. The van der Waals surface area contributed by atoms with E-state index in [0.717, 1.165) is 17.0 Å². The van der Waals surface area contributed by atoms with Gasteiger partial charge in [-0.2, -0.15) is 0 Å². The molecule has 1 fully saturated rings. The van der Waals surface area contributed by atoms with Gasteiger partial charge in [0.15, 0.2) is 16.7 Å². The third kappa shape index (κ3) is 5.43. The monoisotopic (exact) mass is 500 g/mol. The normalized spacial score (nSPS) is 16.0. The van der Waals surface area contributed by atoms with Crippen molar-refractivity contribution in [1.29, 1.82) is 0 Å². The topological polar surface area (TPSA) is 60.4 Å². The molecule has 8 heteroatoms. The Morgan fingerprint density at radius 3 is 2.65 bits per heavy atom. The van der Waals surface area contributed by atoms with Crippen molar-refractivity contribution in [2.45, 2.75) is 6.92 Å². The number of amidine groups is 1. The summed E-state index contributed by atoms with van der Waals surface area (Å²) in [7, 11) is 3.32. The van der Waals surface area contributed by atoms with Crippen LogP contribution in [-0.2, 0) is 4.79 Å². The van der Waals surface area contributed by atoms with E-state index >= 15 is 0 Å². The summed E-state index contributed by atoms with van der Waals surface area (Å²) in [4.78, 5) is 19.4. The molecule has 0 radical (unpaired) electrons. The zero-order valence-electron chi connectivity index (χ0n) is 17.3. The quantitative estimate of drug-likeness (QED) is 0.390. The zero-order valence-corrected chi connectivity index (χ0v) is 19.7. The Bertz CT molecular complexity index is 1070. The minimum absolute atomic E-state index is 0.126. The number of hydrogen-bond donors (Lipinski definition) is 0. The number of ether oxygens (including phenoxy) is 3. The molecule has 1 saturated heterocycles. The summed E-state index contributed by atoms with van der Waals surface area (Å²) in [5.74, 6) is 4.15. The lowest BCUT2D eigenvalue weighted by molar-refractivity contribution is -0.121. The molecule has 0 N–H and O–H groups in total. The minimum atomic E-state index is -0.126. The van der Waals surface area contributed by atoms with E-state index in [1.54, 1.807) is 20.2 Å². The van der Waals surface area contributed by atoms with Crippen LogP contribution in [0.2, 0.25) is 0 Å². The van der Waals surface area contributed by atoms with Crippen LogP contribution in [0.5, 0.6) is 17.2 Å². The SMILES string of the molecule is C#CCOc1c(Br)cc(C=C2SC(=Nc3ccc(OC)cc3)N(C)C2=O)cc1OCC. The Kier molecular flexibility index (Phi) is 7.66. The summed E-state index contributed by atoms with van der Waals surface area (Å²) in [6, 6.07) is 11.0. The first-order valence-electron chi connectivity index (χ1n) is 9.39. The maximum atomic E-state index is 12.8. The predicted octanol–water partition coefficient (Wildman–Crippen LogP) is 5.10. The largest absolute Gasteiger partial charge is 0.497 e. The second-order valence-electron chi connectivity index (χ2n) is 6.32. The fourth-order valence-corrected chi connectivity index (χ4v) is 4.32. The summed E-state index contributed by atoms with van der Waals surface area (Å²) in [5, 5.41) is 0.597. The van der Waals surface area contributed by atoms with Gasteiger partial charge in [0, 0.05) is 7.05 Å². The summed E-state index contributed by atoms with van der Waals surface area (Å²) >= 11 is 4.82. The molecular formula is C23H21BrN2O4S. The van der Waals surface area contributed by atoms with Crippen LogP contribution in [0.15, 0.2) is 50.8 Å². The van der Waals surface area contributed by atoms with Crippen molar-refractivity contribution in [3.05, 3.63) is 51.3 Å². The maximum absolute atomic E-state index is 12.8. The molecule has 0 atom stereocenters. The van der Waals surface area contributed by atoms with Gasteiger partial charge >= 0.3 is 0 Å². The van der Waals surface area contributed by atoms with Crippen LogP contribution in [0.25, 0.3) is 6.08 Å². The minimum Gasteiger partial charge on any atom is -0.497 e. The standard InChI is InChI=1S/C23H21BrN2O4S/c1-5-11-30-21-18(24)12-15(13-19(21)29-6-2)14-20-22(27)26(3)23(31-20)25-16-7-9-17(28-4)10-8-16/h1,7-10,12-14H,6,11H2,2-4H3. The second-order valence-corrected chi connectivity index (χ2v) is 8.19. The van der Waals surface area contributed by atoms with Crippen molar-refractivity contribution < 1.29 is 19.0 Å². The van der Waals surface area contributed by atoms with Gasteiger partial charge in [0.25, 0.3) is 5.91 Å². The number of carbonyl (C=O) groups is 1. The maximum Gasteiger partial charge on any atom is 0.266 e. The van der Waals surface area contributed by atoms with Crippen molar-refractivity contribution in [1.82, 2.24) is 4.90 Å². The van der Waals surface area contributed by atoms with Crippen molar-refractivity contribution in [2.24, 2.45) is 4.99 Å². The molecule has 1 aliphatic heterocycles. The average Bonchev–Trinajstić information content (AvgIpc) is 3.01. The van der Waals surface area contributed by atoms with Gasteiger partial charge in [-0.1, -0.05) is 5.92 Å². The molecule has 0 bridgehead atoms. The molecule has 6 nitrogen and oxygen atoms in total. The predicted molar refractivity (Wildman–Crippen MR) is 128 cm³/mol. The third-order valence-electron chi connectivity index (χ3n) is 4.23. The van der Waals surface area contributed by atoms with Crippen molar-refractivity contribution >= 4 is 50.5 Å². The fraction of sp³-hybridized carbons (Fsp3) is 0.217. The molecule has 3 rings (SSSR count). The smallest absolute Gasteiger partial charge is 0.266 e. The molecule has 1 amide bonds. The number of benzene rings is 2. The number of hydrogen-bond acceptors (Lipinski definition) is 6. The number of likely N-dealkylation sites (N-methyl/N-ethyl adjacent to an activating group) is 1. The molecule has 0 aliphatic carbocycles. The molecule has 0 unspecified atom stereocenters. The number of methoxy groups -OCH3 is 1. The van der Waals surface area contributed by atoms with Crippen LogP contribution in [0.1, 0.15) is 12.5 Å². The van der Waals surface area contributed by atoms with Crippen molar-refractivity contribution in [3.63, 3.8) is 0 Å². The third-order valence-corrected chi connectivity index (χ3v) is 5.88. The Balaban J connectivity index is 1.89. The van der Waals surface area contributed by atoms with E-state index in [9.17, 15) is 4.79 Å². The molecule has 2 aromatic rings. The van der Waals surface area contributed by atoms with Gasteiger partial charge in [0.1, 0.15) is 12.4 Å². The van der Waals surface area contributed by atoms with E-state index in [1.165, 1.54) is 16.7 Å². The Hall–Kier alpha value is -2.89. The van der Waals surface area contributed by atoms with Crippen LogP contribution in [0.3, 0.4) is 0 Å². The summed E-state index contributed by atoms with van der Waals surface area (Å²) in [5.41, 5.74) is 1.53. The van der Waals surface area contributed by atoms with E-state index in [4.69, 9.17) is 20.6 Å². The van der Waals surface area contributed by atoms with Gasteiger partial charge in [-0.3, -0.25) is 9.69 Å². The number of nitrogens with zero attached hydrogens (tertiary/aromatic N) is 2. The van der Waals surface area contributed by atoms with Crippen LogP contribution < -0.4 is 14.2 Å². The Labute approximate surface area is 194 Å². The lowest BCUT2D eigenvalue weighted by Gasteiger charge is -2.13. The first-order valence-corrected chi connectivity index (χ1v) is 11.0. The van der Waals surface area contributed by atoms with E-state index in [0.29, 0.717) is 32.7 Å². The van der Waals surface area contributed by atoms with Crippen LogP contribution >= 0.6 is 27.7 Å².